The van der Waals surface area contributed by atoms with Gasteiger partial charge in [0.2, 0.25) is 21.8 Å². The maximum atomic E-state index is 13.1. The van der Waals surface area contributed by atoms with Crippen molar-refractivity contribution >= 4 is 27.5 Å². The molecule has 1 N–H and O–H groups in total. The molecule has 1 unspecified atom stereocenters. The van der Waals surface area contributed by atoms with E-state index in [0.717, 1.165) is 6.07 Å². The summed E-state index contributed by atoms with van der Waals surface area (Å²) in [6.45, 7) is 9.16. The summed E-state index contributed by atoms with van der Waals surface area (Å²) in [6, 6.07) is 3.93. The van der Waals surface area contributed by atoms with E-state index in [1.807, 2.05) is 20.8 Å². The smallest absolute Gasteiger partial charge is 0.289 e. The van der Waals surface area contributed by atoms with Crippen LogP contribution in [0.3, 0.4) is 0 Å². The zero-order valence-electron chi connectivity index (χ0n) is 18.5. The number of carbonyl (C=O) groups excluding carboxylic acids is 2. The molecule has 0 aromatic heterocycles. The van der Waals surface area contributed by atoms with Crippen LogP contribution in [0.1, 0.15) is 41.0 Å². The Morgan fingerprint density at radius 1 is 1.26 bits per heavy atom. The van der Waals surface area contributed by atoms with Crippen LogP contribution in [0, 0.1) is 15.5 Å². The Hall–Kier alpha value is -2.53. The summed E-state index contributed by atoms with van der Waals surface area (Å²) in [6.07, 6.45) is 0.439. The van der Waals surface area contributed by atoms with E-state index >= 15 is 0 Å². The van der Waals surface area contributed by atoms with Crippen molar-refractivity contribution in [1.82, 2.24) is 14.5 Å². The van der Waals surface area contributed by atoms with Gasteiger partial charge in [-0.1, -0.05) is 32.9 Å². The molecule has 0 saturated carbocycles. The minimum Gasteiger partial charge on any atom is -0.345 e. The second-order valence-corrected chi connectivity index (χ2v) is 10.9. The van der Waals surface area contributed by atoms with E-state index in [2.05, 4.69) is 5.32 Å². The van der Waals surface area contributed by atoms with Crippen molar-refractivity contribution in [2.45, 2.75) is 58.0 Å². The van der Waals surface area contributed by atoms with Crippen LogP contribution >= 0.6 is 0 Å². The summed E-state index contributed by atoms with van der Waals surface area (Å²) in [4.78, 5) is 36.4. The Kier molecular flexibility index (Phi) is 7.43. The van der Waals surface area contributed by atoms with Crippen LogP contribution in [0.2, 0.25) is 0 Å². The number of hydrogen-bond acceptors (Lipinski definition) is 6. The summed E-state index contributed by atoms with van der Waals surface area (Å²) in [7, 11) is -4.12. The molecule has 1 heterocycles. The van der Waals surface area contributed by atoms with Gasteiger partial charge in [-0.2, -0.15) is 4.31 Å². The third-order valence-electron chi connectivity index (χ3n) is 5.02. The van der Waals surface area contributed by atoms with Crippen LogP contribution in [0.15, 0.2) is 29.2 Å². The van der Waals surface area contributed by atoms with Gasteiger partial charge in [-0.25, -0.2) is 8.42 Å². The number of nitro benzene ring substituents is 1. The minimum absolute atomic E-state index is 0.00357. The number of benzene rings is 1. The summed E-state index contributed by atoms with van der Waals surface area (Å²) in [5.74, 6) is -0.576. The van der Waals surface area contributed by atoms with Crippen LogP contribution in [-0.2, 0) is 19.6 Å². The fourth-order valence-corrected chi connectivity index (χ4v) is 5.50. The molecule has 0 radical (unpaired) electrons. The molecule has 1 aliphatic rings. The molecule has 1 saturated heterocycles. The van der Waals surface area contributed by atoms with Crippen LogP contribution in [0.5, 0.6) is 0 Å². The molecule has 10 nitrogen and oxygen atoms in total. The molecule has 1 fully saturated rings. The molecule has 31 heavy (non-hydrogen) atoms. The third kappa shape index (κ3) is 6.01. The van der Waals surface area contributed by atoms with Gasteiger partial charge in [0.05, 0.1) is 4.92 Å². The van der Waals surface area contributed by atoms with Gasteiger partial charge < -0.3 is 10.2 Å². The highest BCUT2D eigenvalue weighted by atomic mass is 32.2. The van der Waals surface area contributed by atoms with Crippen molar-refractivity contribution in [3.8, 4) is 0 Å². The molecule has 1 aromatic rings. The fraction of sp³-hybridized carbons (Fsp3) is 0.600. The van der Waals surface area contributed by atoms with Gasteiger partial charge >= 0.3 is 0 Å². The van der Waals surface area contributed by atoms with Crippen LogP contribution in [-0.4, -0.2) is 66.1 Å². The van der Waals surface area contributed by atoms with Crippen LogP contribution in [0.4, 0.5) is 5.69 Å². The molecule has 2 atom stereocenters. The maximum absolute atomic E-state index is 13.1. The molecule has 11 heteroatoms. The first-order valence-electron chi connectivity index (χ1n) is 10.0. The van der Waals surface area contributed by atoms with Crippen LogP contribution in [0.25, 0.3) is 0 Å². The lowest BCUT2D eigenvalue weighted by Crippen LogP contribution is -2.59. The predicted molar refractivity (Wildman–Crippen MR) is 115 cm³/mol. The molecule has 0 aliphatic carbocycles. The number of carbonyl (C=O) groups is 2. The number of rotatable bonds is 6. The molecule has 0 spiro atoms. The minimum atomic E-state index is -4.12. The molecule has 2 amide bonds. The van der Waals surface area contributed by atoms with Crippen molar-refractivity contribution < 1.29 is 22.9 Å². The number of para-hydroxylation sites is 1. The lowest BCUT2D eigenvalue weighted by atomic mass is 9.87. The van der Waals surface area contributed by atoms with E-state index in [9.17, 15) is 28.1 Å². The number of nitrogens with one attached hydrogen (secondary N) is 1. The van der Waals surface area contributed by atoms with Crippen LogP contribution < -0.4 is 5.32 Å². The van der Waals surface area contributed by atoms with Gasteiger partial charge in [-0.15, -0.1) is 0 Å². The van der Waals surface area contributed by atoms with E-state index in [1.165, 1.54) is 29.4 Å². The standard InChI is InChI=1S/C20H30N4O6S/c1-14-13-22(19(26)16(21-15(2)25)12-20(3,4)5)10-11-23(14)31(29,30)18-9-7-6-8-17(18)24(27)28/h6-9,14,16H,10-13H2,1-5H3,(H,21,25)/t14-,16?/m0/s1. The highest BCUT2D eigenvalue weighted by Gasteiger charge is 2.40. The number of piperazine rings is 1. The first-order valence-corrected chi connectivity index (χ1v) is 11.5. The number of sulfonamides is 1. The van der Waals surface area contributed by atoms with Gasteiger partial charge in [0.1, 0.15) is 6.04 Å². The van der Waals surface area contributed by atoms with Crippen molar-refractivity contribution in [3.63, 3.8) is 0 Å². The first kappa shape index (κ1) is 24.7. The molecule has 2 rings (SSSR count). The molecule has 172 valence electrons. The van der Waals surface area contributed by atoms with E-state index < -0.39 is 32.7 Å². The van der Waals surface area contributed by atoms with Gasteiger partial charge in [-0.05, 0) is 24.8 Å². The average Bonchev–Trinajstić information content (AvgIpc) is 2.65. The normalized spacial score (nSPS) is 19.0. The number of nitro groups is 1. The Bertz CT molecular complexity index is 957. The van der Waals surface area contributed by atoms with E-state index in [1.54, 1.807) is 11.8 Å². The second-order valence-electron chi connectivity index (χ2n) is 8.99. The molecule has 0 bridgehead atoms. The van der Waals surface area contributed by atoms with Crippen molar-refractivity contribution in [2.24, 2.45) is 5.41 Å². The zero-order chi connectivity index (χ0) is 23.6. The lowest BCUT2D eigenvalue weighted by Gasteiger charge is -2.40. The van der Waals surface area contributed by atoms with E-state index in [4.69, 9.17) is 0 Å². The van der Waals surface area contributed by atoms with Gasteiger partial charge in [0.15, 0.2) is 4.90 Å². The Morgan fingerprint density at radius 3 is 2.39 bits per heavy atom. The Labute approximate surface area is 182 Å². The van der Waals surface area contributed by atoms with Crippen molar-refractivity contribution in [2.75, 3.05) is 19.6 Å². The highest BCUT2D eigenvalue weighted by Crippen LogP contribution is 2.29. The Morgan fingerprint density at radius 2 is 1.87 bits per heavy atom. The summed E-state index contributed by atoms with van der Waals surface area (Å²) >= 11 is 0. The average molecular weight is 455 g/mol. The monoisotopic (exact) mass is 454 g/mol. The van der Waals surface area contributed by atoms with E-state index in [-0.39, 0.29) is 41.8 Å². The Balaban J connectivity index is 2.22. The third-order valence-corrected chi connectivity index (χ3v) is 7.08. The molecule has 1 aliphatic heterocycles. The summed E-state index contributed by atoms with van der Waals surface area (Å²) in [5.41, 5.74) is -0.685. The first-order chi connectivity index (χ1) is 14.2. The summed E-state index contributed by atoms with van der Waals surface area (Å²) in [5, 5.41) is 14.0. The molecular formula is C20H30N4O6S. The number of amides is 2. The number of nitrogens with zero attached hydrogens (tertiary/aromatic N) is 3. The van der Waals surface area contributed by atoms with Gasteiger partial charge in [-0.3, -0.25) is 19.7 Å². The quantitative estimate of drug-likeness (QED) is 0.515. The predicted octanol–water partition coefficient (Wildman–Crippen LogP) is 1.76. The number of hydrogen-bond donors (Lipinski definition) is 1. The zero-order valence-corrected chi connectivity index (χ0v) is 19.3. The maximum Gasteiger partial charge on any atom is 0.289 e. The van der Waals surface area contributed by atoms with Gasteiger partial charge in [0, 0.05) is 38.7 Å². The molecular weight excluding hydrogens is 424 g/mol. The summed E-state index contributed by atoms with van der Waals surface area (Å²) < 4.78 is 27.4. The van der Waals surface area contributed by atoms with Crippen molar-refractivity contribution in [1.29, 1.82) is 0 Å². The lowest BCUT2D eigenvalue weighted by molar-refractivity contribution is -0.387. The van der Waals surface area contributed by atoms with E-state index in [0.29, 0.717) is 6.42 Å². The van der Waals surface area contributed by atoms with Crippen molar-refractivity contribution in [3.05, 3.63) is 34.4 Å². The largest absolute Gasteiger partial charge is 0.345 e. The topological polar surface area (TPSA) is 130 Å². The molecule has 1 aromatic carbocycles. The van der Waals surface area contributed by atoms with Gasteiger partial charge in [0.25, 0.3) is 5.69 Å². The second kappa shape index (κ2) is 9.31. The fourth-order valence-electron chi connectivity index (χ4n) is 3.73. The highest BCUT2D eigenvalue weighted by molar-refractivity contribution is 7.89. The SMILES string of the molecule is CC(=O)NC(CC(C)(C)C)C(=O)N1CCN(S(=O)(=O)c2ccccc2[N+](=O)[O-])[C@@H](C)C1.